The standard InChI is InChI=1S/C12H13ClN4O3S/c1-2-5-14-12-16-15-11(21-12)7-20-10-4-3-8(17(18)19)6-9(10)13/h3-4,6H,2,5,7H2,1H3,(H,14,16). The lowest BCUT2D eigenvalue weighted by atomic mass is 10.3. The lowest BCUT2D eigenvalue weighted by Crippen LogP contribution is -1.98. The quantitative estimate of drug-likeness (QED) is 0.618. The maximum atomic E-state index is 10.6. The fourth-order valence-electron chi connectivity index (χ4n) is 1.48. The van der Waals surface area contributed by atoms with Crippen LogP contribution in [0.15, 0.2) is 18.2 Å². The van der Waals surface area contributed by atoms with Crippen molar-refractivity contribution >= 4 is 33.8 Å². The predicted octanol–water partition coefficient (Wildman–Crippen LogP) is 3.50. The highest BCUT2D eigenvalue weighted by Crippen LogP contribution is 2.29. The minimum Gasteiger partial charge on any atom is -0.485 e. The van der Waals surface area contributed by atoms with Gasteiger partial charge in [-0.1, -0.05) is 29.9 Å². The number of nitro groups is 1. The van der Waals surface area contributed by atoms with Crippen LogP contribution in [0.1, 0.15) is 18.4 Å². The summed E-state index contributed by atoms with van der Waals surface area (Å²) in [5.41, 5.74) is -0.0747. The molecule has 21 heavy (non-hydrogen) atoms. The van der Waals surface area contributed by atoms with Gasteiger partial charge in [-0.25, -0.2) is 0 Å². The Hall–Kier alpha value is -1.93. The van der Waals surface area contributed by atoms with E-state index in [2.05, 4.69) is 22.4 Å². The minimum atomic E-state index is -0.508. The molecule has 7 nitrogen and oxygen atoms in total. The smallest absolute Gasteiger partial charge is 0.271 e. The van der Waals surface area contributed by atoms with Crippen LogP contribution in [0.2, 0.25) is 5.02 Å². The molecule has 1 heterocycles. The SMILES string of the molecule is CCCNc1nnc(COc2ccc([N+](=O)[O-])cc2Cl)s1. The molecule has 0 fully saturated rings. The van der Waals surface area contributed by atoms with Crippen LogP contribution in [0.5, 0.6) is 5.75 Å². The molecule has 0 unspecified atom stereocenters. The summed E-state index contributed by atoms with van der Waals surface area (Å²) in [6, 6.07) is 4.07. The third-order valence-corrected chi connectivity index (χ3v) is 3.62. The van der Waals surface area contributed by atoms with Crippen molar-refractivity contribution in [3.8, 4) is 5.75 Å². The molecule has 0 atom stereocenters. The molecule has 0 spiro atoms. The second kappa shape index (κ2) is 7.19. The number of non-ortho nitro benzene ring substituents is 1. The average Bonchev–Trinajstić information content (AvgIpc) is 2.91. The van der Waals surface area contributed by atoms with Gasteiger partial charge in [0.25, 0.3) is 5.69 Å². The van der Waals surface area contributed by atoms with Crippen molar-refractivity contribution in [3.63, 3.8) is 0 Å². The molecule has 0 aliphatic heterocycles. The van der Waals surface area contributed by atoms with E-state index in [1.807, 2.05) is 0 Å². The molecule has 9 heteroatoms. The molecule has 0 amide bonds. The van der Waals surface area contributed by atoms with E-state index in [1.54, 1.807) is 0 Å². The van der Waals surface area contributed by atoms with Gasteiger partial charge in [-0.05, 0) is 12.5 Å². The summed E-state index contributed by atoms with van der Waals surface area (Å²) in [5.74, 6) is 0.375. The van der Waals surface area contributed by atoms with Crippen LogP contribution >= 0.6 is 22.9 Å². The number of hydrogen-bond acceptors (Lipinski definition) is 7. The van der Waals surface area contributed by atoms with E-state index in [-0.39, 0.29) is 17.3 Å². The third-order valence-electron chi connectivity index (χ3n) is 2.47. The molecule has 0 radical (unpaired) electrons. The van der Waals surface area contributed by atoms with Crippen LogP contribution < -0.4 is 10.1 Å². The van der Waals surface area contributed by atoms with Crippen molar-refractivity contribution in [1.82, 2.24) is 10.2 Å². The van der Waals surface area contributed by atoms with Gasteiger partial charge < -0.3 is 10.1 Å². The summed E-state index contributed by atoms with van der Waals surface area (Å²) in [5, 5.41) is 23.3. The van der Waals surface area contributed by atoms with Gasteiger partial charge in [-0.15, -0.1) is 10.2 Å². The molecule has 0 saturated heterocycles. The van der Waals surface area contributed by atoms with Crippen molar-refractivity contribution < 1.29 is 9.66 Å². The second-order valence-electron chi connectivity index (χ2n) is 4.09. The molecular weight excluding hydrogens is 316 g/mol. The van der Waals surface area contributed by atoms with Crippen molar-refractivity contribution in [2.45, 2.75) is 20.0 Å². The van der Waals surface area contributed by atoms with Crippen LogP contribution in [0.25, 0.3) is 0 Å². The number of ether oxygens (including phenoxy) is 1. The summed E-state index contributed by atoms with van der Waals surface area (Å²) in [6.07, 6.45) is 1.00. The molecule has 0 aliphatic carbocycles. The first-order valence-electron chi connectivity index (χ1n) is 6.23. The highest BCUT2D eigenvalue weighted by molar-refractivity contribution is 7.15. The predicted molar refractivity (Wildman–Crippen MR) is 81.1 cm³/mol. The van der Waals surface area contributed by atoms with Gasteiger partial charge in [-0.3, -0.25) is 10.1 Å². The molecular formula is C12H13ClN4O3S. The highest BCUT2D eigenvalue weighted by Gasteiger charge is 2.11. The average molecular weight is 329 g/mol. The van der Waals surface area contributed by atoms with Crippen LogP contribution in [0.4, 0.5) is 10.8 Å². The number of nitrogens with zero attached hydrogens (tertiary/aromatic N) is 3. The zero-order chi connectivity index (χ0) is 15.2. The number of hydrogen-bond donors (Lipinski definition) is 1. The first kappa shape index (κ1) is 15.5. The van der Waals surface area contributed by atoms with E-state index in [0.717, 1.165) is 18.1 Å². The largest absolute Gasteiger partial charge is 0.485 e. The Bertz CT molecular complexity index is 635. The first-order chi connectivity index (χ1) is 10.1. The van der Waals surface area contributed by atoms with E-state index >= 15 is 0 Å². The topological polar surface area (TPSA) is 90.2 Å². The Balaban J connectivity index is 1.96. The molecule has 1 aromatic carbocycles. The normalized spacial score (nSPS) is 10.4. The van der Waals surface area contributed by atoms with Crippen LogP contribution in [-0.4, -0.2) is 21.7 Å². The highest BCUT2D eigenvalue weighted by atomic mass is 35.5. The maximum Gasteiger partial charge on any atom is 0.271 e. The fourth-order valence-corrected chi connectivity index (χ4v) is 2.38. The van der Waals surface area contributed by atoms with E-state index < -0.39 is 4.92 Å². The van der Waals surface area contributed by atoms with Gasteiger partial charge >= 0.3 is 0 Å². The molecule has 2 rings (SSSR count). The lowest BCUT2D eigenvalue weighted by Gasteiger charge is -2.05. The van der Waals surface area contributed by atoms with E-state index in [9.17, 15) is 10.1 Å². The van der Waals surface area contributed by atoms with Crippen molar-refractivity contribution in [2.24, 2.45) is 0 Å². The molecule has 0 saturated carbocycles. The summed E-state index contributed by atoms with van der Waals surface area (Å²) in [4.78, 5) is 10.1. The second-order valence-corrected chi connectivity index (χ2v) is 5.56. The Labute approximate surface area is 130 Å². The zero-order valence-electron chi connectivity index (χ0n) is 11.2. The van der Waals surface area contributed by atoms with Crippen molar-refractivity contribution in [3.05, 3.63) is 38.3 Å². The van der Waals surface area contributed by atoms with Crippen LogP contribution in [-0.2, 0) is 6.61 Å². The Morgan fingerprint density at radius 1 is 1.48 bits per heavy atom. The molecule has 0 aliphatic rings. The van der Waals surface area contributed by atoms with Gasteiger partial charge in [0.05, 0.1) is 9.95 Å². The van der Waals surface area contributed by atoms with Gasteiger partial charge in [0.15, 0.2) is 5.01 Å². The third kappa shape index (κ3) is 4.27. The number of anilines is 1. The van der Waals surface area contributed by atoms with Crippen LogP contribution in [0, 0.1) is 10.1 Å². The summed E-state index contributed by atoms with van der Waals surface area (Å²) >= 11 is 7.34. The number of aromatic nitrogens is 2. The molecule has 0 bridgehead atoms. The Kier molecular flexibility index (Phi) is 5.29. The molecule has 2 aromatic rings. The maximum absolute atomic E-state index is 10.6. The fraction of sp³-hybridized carbons (Fsp3) is 0.333. The summed E-state index contributed by atoms with van der Waals surface area (Å²) < 4.78 is 5.50. The number of benzene rings is 1. The zero-order valence-corrected chi connectivity index (χ0v) is 12.8. The van der Waals surface area contributed by atoms with Gasteiger partial charge in [-0.2, -0.15) is 0 Å². The number of nitrogens with one attached hydrogen (secondary N) is 1. The summed E-state index contributed by atoms with van der Waals surface area (Å²) in [7, 11) is 0. The Morgan fingerprint density at radius 2 is 2.29 bits per heavy atom. The minimum absolute atomic E-state index is 0.0747. The van der Waals surface area contributed by atoms with Gasteiger partial charge in [0, 0.05) is 18.7 Å². The van der Waals surface area contributed by atoms with E-state index in [1.165, 1.54) is 29.5 Å². The van der Waals surface area contributed by atoms with Gasteiger partial charge in [0.2, 0.25) is 5.13 Å². The van der Waals surface area contributed by atoms with Gasteiger partial charge in [0.1, 0.15) is 12.4 Å². The molecule has 1 aromatic heterocycles. The van der Waals surface area contributed by atoms with E-state index in [0.29, 0.717) is 10.8 Å². The lowest BCUT2D eigenvalue weighted by molar-refractivity contribution is -0.384. The first-order valence-corrected chi connectivity index (χ1v) is 7.42. The Morgan fingerprint density at radius 3 is 2.95 bits per heavy atom. The number of rotatable bonds is 7. The van der Waals surface area contributed by atoms with Crippen molar-refractivity contribution in [2.75, 3.05) is 11.9 Å². The number of halogens is 1. The van der Waals surface area contributed by atoms with Crippen LogP contribution in [0.3, 0.4) is 0 Å². The number of nitro benzene ring substituents is 1. The van der Waals surface area contributed by atoms with Crippen molar-refractivity contribution in [1.29, 1.82) is 0 Å². The molecule has 1 N–H and O–H groups in total. The monoisotopic (exact) mass is 328 g/mol. The van der Waals surface area contributed by atoms with E-state index in [4.69, 9.17) is 16.3 Å². The summed E-state index contributed by atoms with van der Waals surface area (Å²) in [6.45, 7) is 3.11. The molecule has 112 valence electrons.